The smallest absolute Gasteiger partial charge is 0.376 e. The van der Waals surface area contributed by atoms with Crippen molar-refractivity contribution in [3.8, 4) is 0 Å². The van der Waals surface area contributed by atoms with Crippen LogP contribution in [0.25, 0.3) is 0 Å². The van der Waals surface area contributed by atoms with Crippen molar-refractivity contribution in [2.75, 3.05) is 21.1 Å². The maximum Gasteiger partial charge on any atom is 0.376 e. The summed E-state index contributed by atoms with van der Waals surface area (Å²) in [5.74, 6) is 0. The molecular formula is C28H55NO2P+. The summed E-state index contributed by atoms with van der Waals surface area (Å²) in [6.07, 6.45) is 30.1. The van der Waals surface area contributed by atoms with Gasteiger partial charge in [-0.05, 0) is 44.9 Å². The lowest BCUT2D eigenvalue weighted by atomic mass is 10.0. The molecule has 0 saturated carbocycles. The Bertz CT molecular complexity index is 498. The third-order valence-electron chi connectivity index (χ3n) is 7.05. The molecule has 0 aromatic rings. The molecule has 0 radical (unpaired) electrons. The van der Waals surface area contributed by atoms with Crippen LogP contribution in [0.2, 0.25) is 0 Å². The van der Waals surface area contributed by atoms with Crippen LogP contribution in [0.3, 0.4) is 0 Å². The van der Waals surface area contributed by atoms with Gasteiger partial charge in [-0.15, -0.1) is 6.58 Å². The maximum absolute atomic E-state index is 11.9. The molecule has 0 N–H and O–H groups in total. The molecule has 4 heteroatoms. The monoisotopic (exact) mass is 468 g/mol. The van der Waals surface area contributed by atoms with Crippen LogP contribution >= 0.6 is 8.03 Å². The quantitative estimate of drug-likeness (QED) is 0.0651. The van der Waals surface area contributed by atoms with E-state index in [1.165, 1.54) is 96.3 Å². The van der Waals surface area contributed by atoms with E-state index in [0.29, 0.717) is 10.9 Å². The van der Waals surface area contributed by atoms with Crippen molar-refractivity contribution in [2.24, 2.45) is 0 Å². The molecule has 0 aromatic carbocycles. The van der Waals surface area contributed by atoms with Gasteiger partial charge >= 0.3 is 8.03 Å². The normalized spacial score (nSPS) is 14.6. The van der Waals surface area contributed by atoms with E-state index in [9.17, 15) is 9.46 Å². The number of unbranched alkanes of at least 4 members (excludes halogenated alkanes) is 15. The van der Waals surface area contributed by atoms with E-state index < -0.39 is 13.3 Å². The van der Waals surface area contributed by atoms with Crippen LogP contribution in [-0.4, -0.2) is 30.9 Å². The van der Waals surface area contributed by atoms with E-state index in [4.69, 9.17) is 0 Å². The minimum atomic E-state index is -2.42. The van der Waals surface area contributed by atoms with E-state index >= 15 is 0 Å². The first kappa shape index (κ1) is 31.5. The van der Waals surface area contributed by atoms with Gasteiger partial charge in [-0.25, -0.2) is 0 Å². The molecule has 0 aliphatic rings. The summed E-state index contributed by atoms with van der Waals surface area (Å²) in [5, 5.41) is -0.603. The lowest BCUT2D eigenvalue weighted by Gasteiger charge is -2.39. The average Bonchev–Trinajstić information content (AvgIpc) is 2.74. The van der Waals surface area contributed by atoms with Crippen LogP contribution in [0.5, 0.6) is 0 Å². The molecule has 0 spiro atoms. The van der Waals surface area contributed by atoms with Gasteiger partial charge in [0, 0.05) is 12.8 Å². The van der Waals surface area contributed by atoms with Crippen molar-refractivity contribution < 1.29 is 13.9 Å². The van der Waals surface area contributed by atoms with Gasteiger partial charge in [0.25, 0.3) is 5.28 Å². The summed E-state index contributed by atoms with van der Waals surface area (Å²) in [6, 6.07) is 0. The minimum absolute atomic E-state index is 0.507. The number of nitrogens with zero attached hydrogens (tertiary/aromatic N) is 1. The minimum Gasteiger partial charge on any atom is -0.590 e. The Balaban J connectivity index is 3.53. The molecule has 32 heavy (non-hydrogen) atoms. The fraction of sp³-hybridized carbons (Fsp3) is 0.857. The second-order valence-corrected chi connectivity index (χ2v) is 11.8. The molecule has 0 bridgehead atoms. The van der Waals surface area contributed by atoms with Gasteiger partial charge in [0.15, 0.2) is 0 Å². The third-order valence-corrected chi connectivity index (χ3v) is 8.87. The number of hydrogen-bond donors (Lipinski definition) is 0. The third kappa shape index (κ3) is 14.6. The van der Waals surface area contributed by atoms with Crippen molar-refractivity contribution in [3.63, 3.8) is 0 Å². The van der Waals surface area contributed by atoms with E-state index in [2.05, 4.69) is 18.7 Å². The van der Waals surface area contributed by atoms with Gasteiger partial charge in [0.1, 0.15) is 0 Å². The molecule has 0 heterocycles. The van der Waals surface area contributed by atoms with Gasteiger partial charge in [0.2, 0.25) is 0 Å². The zero-order valence-corrected chi connectivity index (χ0v) is 23.0. The Morgan fingerprint density at radius 2 is 1.09 bits per heavy atom. The lowest BCUT2D eigenvalue weighted by molar-refractivity contribution is -0.910. The van der Waals surface area contributed by atoms with E-state index in [-0.39, 0.29) is 0 Å². The molecule has 0 fully saturated rings. The first-order valence-electron chi connectivity index (χ1n) is 13.5. The molecule has 188 valence electrons. The van der Waals surface area contributed by atoms with Gasteiger partial charge < -0.3 is 4.89 Å². The number of quaternary nitrogens is 1. The maximum atomic E-state index is 11.9. The summed E-state index contributed by atoms with van der Waals surface area (Å²) in [5.41, 5.74) is 0. The van der Waals surface area contributed by atoms with Crippen LogP contribution in [0.15, 0.2) is 24.8 Å². The number of rotatable bonds is 23. The van der Waals surface area contributed by atoms with Crippen LogP contribution in [-0.2, 0) is 4.57 Å². The summed E-state index contributed by atoms with van der Waals surface area (Å²) in [6.45, 7) is 5.79. The first-order valence-corrected chi connectivity index (χ1v) is 14.7. The van der Waals surface area contributed by atoms with Crippen LogP contribution in [0.4, 0.5) is 0 Å². The SMILES string of the molecule is C=CCCCCCCCC/C=C\CCCCCCCCCCC(CC)([P+](=O)[O-])[N+](C)(C)C. The summed E-state index contributed by atoms with van der Waals surface area (Å²) in [4.78, 5) is 11.9. The van der Waals surface area contributed by atoms with Crippen molar-refractivity contribution in [1.82, 2.24) is 0 Å². The highest BCUT2D eigenvalue weighted by Gasteiger charge is 2.52. The Kier molecular flexibility index (Phi) is 19.6. The van der Waals surface area contributed by atoms with Gasteiger partial charge in [-0.3, -0.25) is 4.48 Å². The van der Waals surface area contributed by atoms with E-state index in [0.717, 1.165) is 19.3 Å². The second kappa shape index (κ2) is 19.9. The van der Waals surface area contributed by atoms with Gasteiger partial charge in [-0.2, -0.15) is 0 Å². The van der Waals surface area contributed by atoms with Crippen molar-refractivity contribution >= 4 is 8.03 Å². The molecule has 2 unspecified atom stereocenters. The highest BCUT2D eigenvalue weighted by atomic mass is 31.1. The highest BCUT2D eigenvalue weighted by Crippen LogP contribution is 2.44. The number of allylic oxidation sites excluding steroid dienone is 3. The van der Waals surface area contributed by atoms with Crippen molar-refractivity contribution in [1.29, 1.82) is 0 Å². The molecule has 0 aromatic heterocycles. The Labute approximate surface area is 202 Å². The first-order chi connectivity index (χ1) is 15.3. The van der Waals surface area contributed by atoms with Crippen molar-refractivity contribution in [3.05, 3.63) is 24.8 Å². The predicted molar refractivity (Wildman–Crippen MR) is 141 cm³/mol. The van der Waals surface area contributed by atoms with Gasteiger partial charge in [-0.1, -0.05) is 93.9 Å². The molecule has 0 saturated heterocycles. The topological polar surface area (TPSA) is 40.1 Å². The summed E-state index contributed by atoms with van der Waals surface area (Å²) in [7, 11) is 3.62. The fourth-order valence-corrected chi connectivity index (χ4v) is 5.77. The predicted octanol–water partition coefficient (Wildman–Crippen LogP) is 8.67. The highest BCUT2D eigenvalue weighted by molar-refractivity contribution is 7.38. The summed E-state index contributed by atoms with van der Waals surface area (Å²) >= 11 is 0. The number of hydrogen-bond acceptors (Lipinski definition) is 2. The molecule has 0 aliphatic heterocycles. The van der Waals surface area contributed by atoms with Crippen LogP contribution < -0.4 is 4.89 Å². The Hall–Kier alpha value is -0.500. The van der Waals surface area contributed by atoms with Crippen LogP contribution in [0.1, 0.15) is 129 Å². The molecule has 0 rings (SSSR count). The molecular weight excluding hydrogens is 413 g/mol. The molecule has 2 atom stereocenters. The van der Waals surface area contributed by atoms with Crippen LogP contribution in [0, 0.1) is 0 Å². The zero-order valence-electron chi connectivity index (χ0n) is 22.1. The van der Waals surface area contributed by atoms with E-state index in [1.54, 1.807) is 0 Å². The zero-order chi connectivity index (χ0) is 24.1. The fourth-order valence-electron chi connectivity index (χ4n) is 4.68. The molecule has 3 nitrogen and oxygen atoms in total. The molecule has 0 amide bonds. The average molecular weight is 469 g/mol. The Morgan fingerprint density at radius 1 is 0.719 bits per heavy atom. The summed E-state index contributed by atoms with van der Waals surface area (Å²) < 4.78 is 12.5. The standard InChI is InChI=1S/C28H55NO2P/c1-6-8-9-10-11-12-13-14-15-16-17-18-19-20-21-22-23-24-25-26-27-28(7-2,32(30)31)29(3,4)5/h6,16-17H,1,7-15,18-27H2,2-5H3/q+1/b17-16-. The largest absolute Gasteiger partial charge is 0.590 e. The van der Waals surface area contributed by atoms with Crippen molar-refractivity contribution in [2.45, 2.75) is 134 Å². The van der Waals surface area contributed by atoms with Gasteiger partial charge in [0.05, 0.1) is 21.1 Å². The lowest BCUT2D eigenvalue weighted by Crippen LogP contribution is -2.55. The molecule has 0 aliphatic carbocycles. The van der Waals surface area contributed by atoms with E-state index in [1.807, 2.05) is 34.1 Å². The Morgan fingerprint density at radius 3 is 1.44 bits per heavy atom. The second-order valence-electron chi connectivity index (χ2n) is 10.4.